The van der Waals surface area contributed by atoms with Crippen LogP contribution in [0.5, 0.6) is 0 Å². The number of nitrogens with two attached hydrogens (primary N) is 1. The molecule has 1 aliphatic heterocycles. The fourth-order valence-electron chi connectivity index (χ4n) is 1.83. The summed E-state index contributed by atoms with van der Waals surface area (Å²) < 4.78 is 0. The molecular weight excluding hydrogens is 210 g/mol. The minimum Gasteiger partial charge on any atom is -0.338 e. The number of aromatic nitrogens is 1. The highest BCUT2D eigenvalue weighted by Crippen LogP contribution is 2.18. The lowest BCUT2D eigenvalue weighted by Crippen LogP contribution is -2.48. The number of nitrogens with zero attached hydrogens (tertiary/aromatic N) is 2. The Hall–Kier alpha value is -0.940. The molecule has 1 aromatic rings. The predicted molar refractivity (Wildman–Crippen MR) is 59.8 cm³/mol. The number of carbonyl (C=O) groups excluding carboxylic acids is 1. The van der Waals surface area contributed by atoms with Crippen molar-refractivity contribution < 1.29 is 4.79 Å². The first kappa shape index (κ1) is 10.6. The second-order valence-electron chi connectivity index (χ2n) is 4.05. The molecule has 2 rings (SSSR count). The first-order chi connectivity index (χ1) is 7.18. The standard InChI is InChI=1S/C10H15N3OS/c1-7-5-13(3-2-8(7)11)10(14)9-4-12-6-15-9/h4,6-8H,2-3,5,11H2,1H3. The first-order valence-electron chi connectivity index (χ1n) is 5.12. The van der Waals surface area contributed by atoms with Gasteiger partial charge in [0.05, 0.1) is 11.7 Å². The Bertz CT molecular complexity index is 338. The Labute approximate surface area is 93.1 Å². The number of hydrogen-bond acceptors (Lipinski definition) is 4. The zero-order chi connectivity index (χ0) is 10.8. The van der Waals surface area contributed by atoms with E-state index in [1.54, 1.807) is 11.7 Å². The van der Waals surface area contributed by atoms with E-state index in [-0.39, 0.29) is 11.9 Å². The van der Waals surface area contributed by atoms with Crippen molar-refractivity contribution in [2.24, 2.45) is 11.7 Å². The van der Waals surface area contributed by atoms with Crippen LogP contribution in [0.15, 0.2) is 11.7 Å². The van der Waals surface area contributed by atoms with Crippen LogP contribution in [0.2, 0.25) is 0 Å². The zero-order valence-corrected chi connectivity index (χ0v) is 9.54. The van der Waals surface area contributed by atoms with Crippen LogP contribution < -0.4 is 5.73 Å². The maximum Gasteiger partial charge on any atom is 0.265 e. The minimum absolute atomic E-state index is 0.0938. The lowest BCUT2D eigenvalue weighted by Gasteiger charge is -2.34. The maximum absolute atomic E-state index is 12.0. The average Bonchev–Trinajstić information content (AvgIpc) is 2.74. The van der Waals surface area contributed by atoms with E-state index < -0.39 is 0 Å². The van der Waals surface area contributed by atoms with Crippen LogP contribution in [0.25, 0.3) is 0 Å². The number of amides is 1. The van der Waals surface area contributed by atoms with Crippen molar-refractivity contribution in [3.63, 3.8) is 0 Å². The van der Waals surface area contributed by atoms with E-state index in [0.717, 1.165) is 24.4 Å². The first-order valence-corrected chi connectivity index (χ1v) is 6.00. The molecule has 1 amide bonds. The Morgan fingerprint density at radius 3 is 3.13 bits per heavy atom. The molecule has 0 radical (unpaired) electrons. The Kier molecular flexibility index (Phi) is 3.02. The van der Waals surface area contributed by atoms with Gasteiger partial charge in [-0.15, -0.1) is 11.3 Å². The SMILES string of the molecule is CC1CN(C(=O)c2cncs2)CCC1N. The summed E-state index contributed by atoms with van der Waals surface area (Å²) in [5.41, 5.74) is 7.60. The number of likely N-dealkylation sites (tertiary alicyclic amines) is 1. The molecule has 2 N–H and O–H groups in total. The van der Waals surface area contributed by atoms with Crippen LogP contribution in [0, 0.1) is 5.92 Å². The molecule has 1 fully saturated rings. The van der Waals surface area contributed by atoms with Crippen LogP contribution in [-0.2, 0) is 0 Å². The second kappa shape index (κ2) is 4.28. The van der Waals surface area contributed by atoms with Crippen molar-refractivity contribution in [2.75, 3.05) is 13.1 Å². The predicted octanol–water partition coefficient (Wildman–Crippen LogP) is 0.952. The molecule has 0 spiro atoms. The van der Waals surface area contributed by atoms with Crippen LogP contribution in [0.4, 0.5) is 0 Å². The molecule has 0 bridgehead atoms. The quantitative estimate of drug-likeness (QED) is 0.774. The lowest BCUT2D eigenvalue weighted by atomic mass is 9.95. The molecule has 82 valence electrons. The molecule has 0 aliphatic carbocycles. The molecule has 2 unspecified atom stereocenters. The largest absolute Gasteiger partial charge is 0.338 e. The molecule has 1 saturated heterocycles. The van der Waals surface area contributed by atoms with Gasteiger partial charge in [-0.05, 0) is 12.3 Å². The van der Waals surface area contributed by atoms with E-state index in [2.05, 4.69) is 11.9 Å². The summed E-state index contributed by atoms with van der Waals surface area (Å²) in [5.74, 6) is 0.479. The number of thiazole rings is 1. The molecule has 4 nitrogen and oxygen atoms in total. The van der Waals surface area contributed by atoms with Gasteiger partial charge in [-0.3, -0.25) is 9.78 Å². The summed E-state index contributed by atoms with van der Waals surface area (Å²) in [6.07, 6.45) is 2.53. The van der Waals surface area contributed by atoms with Gasteiger partial charge in [0.25, 0.3) is 5.91 Å². The number of hydrogen-bond donors (Lipinski definition) is 1. The molecule has 1 aromatic heterocycles. The summed E-state index contributed by atoms with van der Waals surface area (Å²) in [6.45, 7) is 3.62. The van der Waals surface area contributed by atoms with Gasteiger partial charge >= 0.3 is 0 Å². The van der Waals surface area contributed by atoms with Crippen molar-refractivity contribution in [2.45, 2.75) is 19.4 Å². The monoisotopic (exact) mass is 225 g/mol. The molecule has 1 aliphatic rings. The van der Waals surface area contributed by atoms with E-state index in [4.69, 9.17) is 5.73 Å². The molecule has 0 aromatic carbocycles. The third-order valence-electron chi connectivity index (χ3n) is 2.90. The Morgan fingerprint density at radius 2 is 2.53 bits per heavy atom. The number of carbonyl (C=O) groups is 1. The van der Waals surface area contributed by atoms with Crippen molar-refractivity contribution >= 4 is 17.2 Å². The van der Waals surface area contributed by atoms with E-state index in [1.165, 1.54) is 11.3 Å². The van der Waals surface area contributed by atoms with Crippen molar-refractivity contribution in [1.82, 2.24) is 9.88 Å². The highest BCUT2D eigenvalue weighted by atomic mass is 32.1. The maximum atomic E-state index is 12.0. The van der Waals surface area contributed by atoms with Crippen LogP contribution in [-0.4, -0.2) is 34.9 Å². The van der Waals surface area contributed by atoms with E-state index in [1.807, 2.05) is 4.90 Å². The van der Waals surface area contributed by atoms with Crippen molar-refractivity contribution in [3.05, 3.63) is 16.6 Å². The topological polar surface area (TPSA) is 59.2 Å². The van der Waals surface area contributed by atoms with Gasteiger partial charge in [0, 0.05) is 19.1 Å². The average molecular weight is 225 g/mol. The summed E-state index contributed by atoms with van der Waals surface area (Å²) in [6, 6.07) is 0.232. The van der Waals surface area contributed by atoms with E-state index in [0.29, 0.717) is 5.92 Å². The molecular formula is C10H15N3OS. The highest BCUT2D eigenvalue weighted by Gasteiger charge is 2.27. The van der Waals surface area contributed by atoms with Gasteiger partial charge in [0.15, 0.2) is 0 Å². The van der Waals surface area contributed by atoms with Crippen LogP contribution in [0.1, 0.15) is 23.0 Å². The van der Waals surface area contributed by atoms with Crippen LogP contribution in [0.3, 0.4) is 0 Å². The molecule has 15 heavy (non-hydrogen) atoms. The van der Waals surface area contributed by atoms with Gasteiger partial charge in [-0.2, -0.15) is 0 Å². The van der Waals surface area contributed by atoms with Gasteiger partial charge in [-0.1, -0.05) is 6.92 Å². The molecule has 0 saturated carbocycles. The summed E-state index contributed by atoms with van der Waals surface area (Å²) >= 11 is 1.39. The van der Waals surface area contributed by atoms with Crippen LogP contribution >= 0.6 is 11.3 Å². The summed E-state index contributed by atoms with van der Waals surface area (Å²) in [7, 11) is 0. The fourth-order valence-corrected chi connectivity index (χ4v) is 2.41. The minimum atomic E-state index is 0.0938. The summed E-state index contributed by atoms with van der Waals surface area (Å²) in [4.78, 5) is 18.5. The van der Waals surface area contributed by atoms with E-state index >= 15 is 0 Å². The third kappa shape index (κ3) is 2.18. The second-order valence-corrected chi connectivity index (χ2v) is 4.93. The number of rotatable bonds is 1. The van der Waals surface area contributed by atoms with Gasteiger partial charge in [-0.25, -0.2) is 0 Å². The molecule has 2 atom stereocenters. The van der Waals surface area contributed by atoms with Gasteiger partial charge < -0.3 is 10.6 Å². The molecule has 5 heteroatoms. The smallest absolute Gasteiger partial charge is 0.265 e. The normalized spacial score (nSPS) is 26.7. The molecule has 2 heterocycles. The number of piperidine rings is 1. The Balaban J connectivity index is 2.03. The summed E-state index contributed by atoms with van der Waals surface area (Å²) in [5, 5.41) is 0. The zero-order valence-electron chi connectivity index (χ0n) is 8.72. The van der Waals surface area contributed by atoms with Crippen molar-refractivity contribution in [1.29, 1.82) is 0 Å². The fraction of sp³-hybridized carbons (Fsp3) is 0.600. The van der Waals surface area contributed by atoms with Crippen molar-refractivity contribution in [3.8, 4) is 0 Å². The highest BCUT2D eigenvalue weighted by molar-refractivity contribution is 7.11. The van der Waals surface area contributed by atoms with Gasteiger partial charge in [0.1, 0.15) is 4.88 Å². The third-order valence-corrected chi connectivity index (χ3v) is 3.66. The lowest BCUT2D eigenvalue weighted by molar-refractivity contribution is 0.0669. The Morgan fingerprint density at radius 1 is 1.73 bits per heavy atom. The van der Waals surface area contributed by atoms with Gasteiger partial charge in [0.2, 0.25) is 0 Å². The van der Waals surface area contributed by atoms with E-state index in [9.17, 15) is 4.79 Å².